The number of carbonyl (C=O) groups excluding carboxylic acids is 1. The molecule has 2 nitrogen and oxygen atoms in total. The third-order valence-corrected chi connectivity index (χ3v) is 1.46. The van der Waals surface area contributed by atoms with Crippen LogP contribution >= 0.6 is 0 Å². The summed E-state index contributed by atoms with van der Waals surface area (Å²) < 4.78 is 17.7. The van der Waals surface area contributed by atoms with Crippen LogP contribution in [-0.2, 0) is 4.79 Å². The zero-order valence-electron chi connectivity index (χ0n) is 7.21. The highest BCUT2D eigenvalue weighted by atomic mass is 19.1. The molecule has 0 unspecified atom stereocenters. The first-order valence-corrected chi connectivity index (χ1v) is 3.74. The van der Waals surface area contributed by atoms with Crippen molar-refractivity contribution in [3.05, 3.63) is 42.2 Å². The Bertz CT molecular complexity index is 345. The van der Waals surface area contributed by atoms with Crippen molar-refractivity contribution in [2.75, 3.05) is 0 Å². The molecule has 1 rings (SSSR count). The van der Waals surface area contributed by atoms with Crippen LogP contribution < -0.4 is 4.74 Å². The van der Waals surface area contributed by atoms with Crippen molar-refractivity contribution in [2.45, 2.75) is 6.92 Å². The zero-order valence-corrected chi connectivity index (χ0v) is 7.21. The minimum atomic E-state index is -0.664. The molecule has 0 amide bonds. The molecule has 0 saturated carbocycles. The van der Waals surface area contributed by atoms with Crippen molar-refractivity contribution in [3.63, 3.8) is 0 Å². The van der Waals surface area contributed by atoms with E-state index in [1.54, 1.807) is 13.0 Å². The fraction of sp³-hybridized carbons (Fsp3) is 0.100. The summed E-state index contributed by atoms with van der Waals surface area (Å²) in [6, 6.07) is 4.37. The normalized spacial score (nSPS) is 9.38. The average molecular weight is 180 g/mol. The molecule has 0 heterocycles. The lowest BCUT2D eigenvalue weighted by molar-refractivity contribution is -0.129. The van der Waals surface area contributed by atoms with E-state index in [4.69, 9.17) is 0 Å². The standard InChI is InChI=1S/C10H9FO2/c1-3-10(12)13-9-5-4-7(2)6-8(9)11/h3-6H,1H2,2H3. The summed E-state index contributed by atoms with van der Waals surface area (Å²) in [5.74, 6) is -1.28. The number of benzene rings is 1. The summed E-state index contributed by atoms with van der Waals surface area (Å²) in [7, 11) is 0. The summed E-state index contributed by atoms with van der Waals surface area (Å²) in [5, 5.41) is 0. The van der Waals surface area contributed by atoms with Crippen LogP contribution in [0.25, 0.3) is 0 Å². The minimum Gasteiger partial charge on any atom is -0.420 e. The predicted octanol–water partition coefficient (Wildman–Crippen LogP) is 2.23. The summed E-state index contributed by atoms with van der Waals surface area (Å²) >= 11 is 0. The van der Waals surface area contributed by atoms with Gasteiger partial charge in [-0.15, -0.1) is 0 Å². The summed E-state index contributed by atoms with van der Waals surface area (Å²) in [6.45, 7) is 4.96. The summed E-state index contributed by atoms with van der Waals surface area (Å²) in [5.41, 5.74) is 0.774. The van der Waals surface area contributed by atoms with Gasteiger partial charge in [-0.25, -0.2) is 9.18 Å². The molecule has 13 heavy (non-hydrogen) atoms. The quantitative estimate of drug-likeness (QED) is 0.396. The molecule has 0 aliphatic heterocycles. The lowest BCUT2D eigenvalue weighted by Gasteiger charge is -2.02. The number of halogens is 1. The van der Waals surface area contributed by atoms with Gasteiger partial charge >= 0.3 is 5.97 Å². The van der Waals surface area contributed by atoms with Crippen molar-refractivity contribution < 1.29 is 13.9 Å². The maximum Gasteiger partial charge on any atom is 0.335 e. The Morgan fingerprint density at radius 3 is 2.85 bits per heavy atom. The van der Waals surface area contributed by atoms with E-state index in [0.29, 0.717) is 0 Å². The van der Waals surface area contributed by atoms with Gasteiger partial charge < -0.3 is 4.74 Å². The van der Waals surface area contributed by atoms with Crippen LogP contribution in [0.2, 0.25) is 0 Å². The van der Waals surface area contributed by atoms with Gasteiger partial charge in [-0.2, -0.15) is 0 Å². The minimum absolute atomic E-state index is 0.0736. The third-order valence-electron chi connectivity index (χ3n) is 1.46. The molecule has 1 aromatic carbocycles. The van der Waals surface area contributed by atoms with Crippen molar-refractivity contribution in [1.29, 1.82) is 0 Å². The molecule has 1 aromatic rings. The van der Waals surface area contributed by atoms with Gasteiger partial charge in [0, 0.05) is 6.08 Å². The molecule has 0 bridgehead atoms. The SMILES string of the molecule is C=CC(=O)Oc1ccc(C)cc1F. The Hall–Kier alpha value is -1.64. The van der Waals surface area contributed by atoms with Gasteiger partial charge in [0.2, 0.25) is 0 Å². The highest BCUT2D eigenvalue weighted by Crippen LogP contribution is 2.17. The summed E-state index contributed by atoms with van der Waals surface area (Å²) in [6.07, 6.45) is 0.985. The number of ether oxygens (including phenoxy) is 1. The summed E-state index contributed by atoms with van der Waals surface area (Å²) in [4.78, 5) is 10.7. The lowest BCUT2D eigenvalue weighted by Crippen LogP contribution is -2.04. The number of carbonyl (C=O) groups is 1. The van der Waals surface area contributed by atoms with Gasteiger partial charge in [0.05, 0.1) is 0 Å². The highest BCUT2D eigenvalue weighted by molar-refractivity contribution is 5.83. The van der Waals surface area contributed by atoms with Gasteiger partial charge in [-0.05, 0) is 24.6 Å². The van der Waals surface area contributed by atoms with Crippen molar-refractivity contribution in [3.8, 4) is 5.75 Å². The van der Waals surface area contributed by atoms with Crippen LogP contribution in [0.4, 0.5) is 4.39 Å². The third kappa shape index (κ3) is 2.40. The molecule has 0 radical (unpaired) electrons. The van der Waals surface area contributed by atoms with E-state index in [1.807, 2.05) is 0 Å². The van der Waals surface area contributed by atoms with E-state index >= 15 is 0 Å². The first kappa shape index (κ1) is 9.45. The van der Waals surface area contributed by atoms with Gasteiger partial charge in [-0.1, -0.05) is 12.6 Å². The van der Waals surface area contributed by atoms with Crippen molar-refractivity contribution >= 4 is 5.97 Å². The Labute approximate surface area is 75.6 Å². The molecule has 0 N–H and O–H groups in total. The van der Waals surface area contributed by atoms with Gasteiger partial charge in [0.15, 0.2) is 11.6 Å². The highest BCUT2D eigenvalue weighted by Gasteiger charge is 2.05. The van der Waals surface area contributed by atoms with E-state index in [9.17, 15) is 9.18 Å². The molecule has 0 aromatic heterocycles. The monoisotopic (exact) mass is 180 g/mol. The number of aryl methyl sites for hydroxylation is 1. The number of esters is 1. The Balaban J connectivity index is 2.89. The van der Waals surface area contributed by atoms with E-state index in [2.05, 4.69) is 11.3 Å². The fourth-order valence-electron chi connectivity index (χ4n) is 0.839. The van der Waals surface area contributed by atoms with E-state index in [0.717, 1.165) is 11.6 Å². The molecule has 0 spiro atoms. The largest absolute Gasteiger partial charge is 0.420 e. The van der Waals surface area contributed by atoms with Crippen LogP contribution in [-0.4, -0.2) is 5.97 Å². The lowest BCUT2D eigenvalue weighted by atomic mass is 10.2. The zero-order chi connectivity index (χ0) is 9.84. The topological polar surface area (TPSA) is 26.3 Å². The number of hydrogen-bond acceptors (Lipinski definition) is 2. The predicted molar refractivity (Wildman–Crippen MR) is 47.0 cm³/mol. The Morgan fingerprint density at radius 2 is 2.31 bits per heavy atom. The first-order chi connectivity index (χ1) is 6.13. The van der Waals surface area contributed by atoms with Crippen LogP contribution in [0.15, 0.2) is 30.9 Å². The molecule has 3 heteroatoms. The van der Waals surface area contributed by atoms with Crippen LogP contribution in [0, 0.1) is 12.7 Å². The molecule has 0 aliphatic carbocycles. The maximum atomic E-state index is 13.0. The maximum absolute atomic E-state index is 13.0. The Morgan fingerprint density at radius 1 is 1.62 bits per heavy atom. The van der Waals surface area contributed by atoms with Crippen LogP contribution in [0.5, 0.6) is 5.75 Å². The second-order valence-electron chi connectivity index (χ2n) is 2.56. The molecular weight excluding hydrogens is 171 g/mol. The molecular formula is C10H9FO2. The van der Waals surface area contributed by atoms with E-state index in [-0.39, 0.29) is 5.75 Å². The molecule has 0 aliphatic rings. The smallest absolute Gasteiger partial charge is 0.335 e. The van der Waals surface area contributed by atoms with Gasteiger partial charge in [-0.3, -0.25) is 0 Å². The van der Waals surface area contributed by atoms with Crippen molar-refractivity contribution in [1.82, 2.24) is 0 Å². The molecule has 68 valence electrons. The van der Waals surface area contributed by atoms with Crippen LogP contribution in [0.1, 0.15) is 5.56 Å². The Kier molecular flexibility index (Phi) is 2.80. The first-order valence-electron chi connectivity index (χ1n) is 3.74. The molecule has 0 saturated heterocycles. The second kappa shape index (κ2) is 3.85. The van der Waals surface area contributed by atoms with E-state index in [1.165, 1.54) is 12.1 Å². The van der Waals surface area contributed by atoms with Gasteiger partial charge in [0.25, 0.3) is 0 Å². The average Bonchev–Trinajstić information content (AvgIpc) is 2.09. The van der Waals surface area contributed by atoms with Crippen molar-refractivity contribution in [2.24, 2.45) is 0 Å². The molecule has 0 fully saturated rings. The number of rotatable bonds is 2. The number of hydrogen-bond donors (Lipinski definition) is 0. The van der Waals surface area contributed by atoms with Gasteiger partial charge in [0.1, 0.15) is 0 Å². The molecule has 0 atom stereocenters. The second-order valence-corrected chi connectivity index (χ2v) is 2.56. The van der Waals surface area contributed by atoms with E-state index < -0.39 is 11.8 Å². The van der Waals surface area contributed by atoms with Crippen LogP contribution in [0.3, 0.4) is 0 Å². The fourth-order valence-corrected chi connectivity index (χ4v) is 0.839.